The zero-order valence-corrected chi connectivity index (χ0v) is 14.3. The smallest absolute Gasteiger partial charge is 0.243 e. The maximum atomic E-state index is 12.3. The number of rotatable bonds is 7. The third-order valence-electron chi connectivity index (χ3n) is 4.10. The Hall–Kier alpha value is -2.29. The van der Waals surface area contributed by atoms with Crippen LogP contribution in [0.4, 0.5) is 11.4 Å². The molecule has 0 saturated carbocycles. The topological polar surface area (TPSA) is 41.1 Å². The number of anilines is 2. The van der Waals surface area contributed by atoms with E-state index in [1.54, 1.807) is 0 Å². The third kappa shape index (κ3) is 4.35. The summed E-state index contributed by atoms with van der Waals surface area (Å²) in [5.74, 6) is -0.00786. The maximum Gasteiger partial charge on any atom is 0.243 e. The van der Waals surface area contributed by atoms with E-state index in [4.69, 9.17) is 0 Å². The summed E-state index contributed by atoms with van der Waals surface area (Å²) in [6.45, 7) is 6.62. The van der Waals surface area contributed by atoms with Gasteiger partial charge >= 0.3 is 0 Å². The maximum absolute atomic E-state index is 12.3. The van der Waals surface area contributed by atoms with Crippen LogP contribution in [0.5, 0.6) is 0 Å². The van der Waals surface area contributed by atoms with Crippen molar-refractivity contribution >= 4 is 17.3 Å². The standard InChI is InChI=1S/C20H26N2O/c1-4-15-10-7-8-13-18(15)21-14-19(23)22-20-16(5-2)11-9-12-17(20)6-3/h7-13,21H,4-6,14H2,1-3H3,(H,22,23). The number of nitrogens with one attached hydrogen (secondary N) is 2. The lowest BCUT2D eigenvalue weighted by molar-refractivity contribution is -0.114. The lowest BCUT2D eigenvalue weighted by Crippen LogP contribution is -2.23. The Balaban J connectivity index is 2.06. The predicted octanol–water partition coefficient (Wildman–Crippen LogP) is 4.42. The molecule has 0 aromatic heterocycles. The fourth-order valence-corrected chi connectivity index (χ4v) is 2.76. The van der Waals surface area contributed by atoms with Crippen molar-refractivity contribution in [1.82, 2.24) is 0 Å². The van der Waals surface area contributed by atoms with Crippen LogP contribution in [0.25, 0.3) is 0 Å². The van der Waals surface area contributed by atoms with Gasteiger partial charge < -0.3 is 10.6 Å². The minimum atomic E-state index is -0.00786. The number of para-hydroxylation sites is 2. The summed E-state index contributed by atoms with van der Waals surface area (Å²) < 4.78 is 0. The van der Waals surface area contributed by atoms with E-state index < -0.39 is 0 Å². The van der Waals surface area contributed by atoms with Crippen molar-refractivity contribution in [3.63, 3.8) is 0 Å². The first-order valence-corrected chi connectivity index (χ1v) is 8.41. The summed E-state index contributed by atoms with van der Waals surface area (Å²) >= 11 is 0. The molecular weight excluding hydrogens is 284 g/mol. The number of benzene rings is 2. The molecule has 0 aliphatic carbocycles. The number of hydrogen-bond donors (Lipinski definition) is 2. The van der Waals surface area contributed by atoms with E-state index in [0.29, 0.717) is 0 Å². The second kappa shape index (κ2) is 8.37. The molecule has 0 radical (unpaired) electrons. The molecule has 0 spiro atoms. The first-order valence-electron chi connectivity index (χ1n) is 8.41. The summed E-state index contributed by atoms with van der Waals surface area (Å²) in [4.78, 5) is 12.3. The lowest BCUT2D eigenvalue weighted by Gasteiger charge is -2.15. The molecule has 0 heterocycles. The van der Waals surface area contributed by atoms with Gasteiger partial charge in [-0.1, -0.05) is 57.2 Å². The third-order valence-corrected chi connectivity index (χ3v) is 4.10. The Bertz CT molecular complexity index is 642. The van der Waals surface area contributed by atoms with Gasteiger partial charge in [0.1, 0.15) is 0 Å². The van der Waals surface area contributed by atoms with E-state index in [9.17, 15) is 4.79 Å². The molecule has 2 aromatic carbocycles. The zero-order valence-electron chi connectivity index (χ0n) is 14.3. The highest BCUT2D eigenvalue weighted by Crippen LogP contribution is 2.22. The molecule has 0 aliphatic heterocycles. The fourth-order valence-electron chi connectivity index (χ4n) is 2.76. The zero-order chi connectivity index (χ0) is 16.7. The molecule has 0 fully saturated rings. The van der Waals surface area contributed by atoms with Gasteiger partial charge in [0.15, 0.2) is 0 Å². The number of carbonyl (C=O) groups excluding carboxylic acids is 1. The van der Waals surface area contributed by atoms with Gasteiger partial charge in [-0.05, 0) is 42.0 Å². The van der Waals surface area contributed by atoms with E-state index in [1.807, 2.05) is 18.2 Å². The van der Waals surface area contributed by atoms with Crippen molar-refractivity contribution in [2.24, 2.45) is 0 Å². The van der Waals surface area contributed by atoms with Crippen molar-refractivity contribution in [3.05, 3.63) is 59.2 Å². The van der Waals surface area contributed by atoms with E-state index in [-0.39, 0.29) is 12.5 Å². The van der Waals surface area contributed by atoms with Crippen molar-refractivity contribution in [2.75, 3.05) is 17.2 Å². The normalized spacial score (nSPS) is 10.4. The Morgan fingerprint density at radius 1 is 0.826 bits per heavy atom. The van der Waals surface area contributed by atoms with Gasteiger partial charge in [-0.3, -0.25) is 4.79 Å². The van der Waals surface area contributed by atoms with Crippen LogP contribution in [-0.2, 0) is 24.1 Å². The Labute approximate surface area is 139 Å². The van der Waals surface area contributed by atoms with Crippen LogP contribution < -0.4 is 10.6 Å². The van der Waals surface area contributed by atoms with Crippen molar-refractivity contribution in [1.29, 1.82) is 0 Å². The number of hydrogen-bond acceptors (Lipinski definition) is 2. The average molecular weight is 310 g/mol. The second-order valence-electron chi connectivity index (χ2n) is 5.57. The number of amides is 1. The number of carbonyl (C=O) groups is 1. The molecular formula is C20H26N2O. The predicted molar refractivity (Wildman–Crippen MR) is 98.1 cm³/mol. The largest absolute Gasteiger partial charge is 0.376 e. The summed E-state index contributed by atoms with van der Waals surface area (Å²) in [7, 11) is 0. The van der Waals surface area contributed by atoms with Gasteiger partial charge in [-0.25, -0.2) is 0 Å². The monoisotopic (exact) mass is 310 g/mol. The summed E-state index contributed by atoms with van der Waals surface area (Å²) in [5, 5.41) is 6.33. The summed E-state index contributed by atoms with van der Waals surface area (Å²) in [6, 6.07) is 14.3. The summed E-state index contributed by atoms with van der Waals surface area (Å²) in [6.07, 6.45) is 2.77. The van der Waals surface area contributed by atoms with Gasteiger partial charge in [0.25, 0.3) is 0 Å². The number of aryl methyl sites for hydroxylation is 3. The minimum absolute atomic E-state index is 0.00786. The molecule has 3 heteroatoms. The molecule has 2 aromatic rings. The SMILES string of the molecule is CCc1ccccc1NCC(=O)Nc1c(CC)cccc1CC. The molecule has 0 unspecified atom stereocenters. The molecule has 23 heavy (non-hydrogen) atoms. The highest BCUT2D eigenvalue weighted by Gasteiger charge is 2.10. The molecule has 122 valence electrons. The van der Waals surface area contributed by atoms with Gasteiger partial charge in [0.2, 0.25) is 5.91 Å². The van der Waals surface area contributed by atoms with E-state index in [2.05, 4.69) is 55.7 Å². The molecule has 0 aliphatic rings. The van der Waals surface area contributed by atoms with E-state index in [1.165, 1.54) is 16.7 Å². The van der Waals surface area contributed by atoms with Gasteiger partial charge in [0.05, 0.1) is 6.54 Å². The van der Waals surface area contributed by atoms with Crippen LogP contribution >= 0.6 is 0 Å². The first kappa shape index (κ1) is 17.1. The van der Waals surface area contributed by atoms with Crippen molar-refractivity contribution in [2.45, 2.75) is 40.0 Å². The van der Waals surface area contributed by atoms with E-state index in [0.717, 1.165) is 30.6 Å². The van der Waals surface area contributed by atoms with Crippen molar-refractivity contribution < 1.29 is 4.79 Å². The quantitative estimate of drug-likeness (QED) is 0.794. The van der Waals surface area contributed by atoms with Gasteiger partial charge in [0, 0.05) is 11.4 Å². The van der Waals surface area contributed by atoms with Crippen LogP contribution in [0.2, 0.25) is 0 Å². The van der Waals surface area contributed by atoms with Gasteiger partial charge in [-0.15, -0.1) is 0 Å². The Morgan fingerprint density at radius 3 is 2.00 bits per heavy atom. The highest BCUT2D eigenvalue weighted by atomic mass is 16.1. The average Bonchev–Trinajstić information content (AvgIpc) is 2.60. The van der Waals surface area contributed by atoms with Crippen LogP contribution in [0.3, 0.4) is 0 Å². The minimum Gasteiger partial charge on any atom is -0.376 e. The summed E-state index contributed by atoms with van der Waals surface area (Å²) in [5.41, 5.74) is 5.61. The molecule has 0 bridgehead atoms. The van der Waals surface area contributed by atoms with Crippen LogP contribution in [0, 0.1) is 0 Å². The Kier molecular flexibility index (Phi) is 6.21. The van der Waals surface area contributed by atoms with Crippen LogP contribution in [0.15, 0.2) is 42.5 Å². The fraction of sp³-hybridized carbons (Fsp3) is 0.350. The highest BCUT2D eigenvalue weighted by molar-refractivity contribution is 5.95. The van der Waals surface area contributed by atoms with Crippen LogP contribution in [0.1, 0.15) is 37.5 Å². The molecule has 2 N–H and O–H groups in total. The van der Waals surface area contributed by atoms with Gasteiger partial charge in [-0.2, -0.15) is 0 Å². The second-order valence-corrected chi connectivity index (χ2v) is 5.57. The molecule has 3 nitrogen and oxygen atoms in total. The van der Waals surface area contributed by atoms with E-state index >= 15 is 0 Å². The molecule has 2 rings (SSSR count). The molecule has 0 atom stereocenters. The lowest BCUT2D eigenvalue weighted by atomic mass is 10.0. The Morgan fingerprint density at radius 2 is 1.39 bits per heavy atom. The first-order chi connectivity index (χ1) is 11.2. The molecule has 1 amide bonds. The van der Waals surface area contributed by atoms with Crippen LogP contribution in [-0.4, -0.2) is 12.5 Å². The molecule has 0 saturated heterocycles. The van der Waals surface area contributed by atoms with Crippen molar-refractivity contribution in [3.8, 4) is 0 Å².